The molecular weight excluding hydrogens is 222 g/mol. The number of hydrogen-bond acceptors (Lipinski definition) is 1. The normalized spacial score (nSPS) is 15.9. The zero-order chi connectivity index (χ0) is 12.8. The second kappa shape index (κ2) is 6.26. The maximum Gasteiger partial charge on any atom is 0.252 e. The van der Waals surface area contributed by atoms with E-state index in [1.165, 1.54) is 37.7 Å². The molecule has 1 aromatic carbocycles. The molecule has 0 aromatic heterocycles. The monoisotopic (exact) mass is 241 g/mol. The predicted molar refractivity (Wildman–Crippen MR) is 73.4 cm³/mol. The van der Waals surface area contributed by atoms with Crippen LogP contribution >= 0.6 is 0 Å². The van der Waals surface area contributed by atoms with Crippen molar-refractivity contribution in [3.63, 3.8) is 0 Å². The van der Waals surface area contributed by atoms with Gasteiger partial charge in [-0.05, 0) is 36.5 Å². The topological polar surface area (TPSA) is 29.1 Å². The van der Waals surface area contributed by atoms with Gasteiger partial charge in [-0.2, -0.15) is 0 Å². The van der Waals surface area contributed by atoms with Crippen LogP contribution in [-0.4, -0.2) is 12.5 Å². The third kappa shape index (κ3) is 3.13. The summed E-state index contributed by atoms with van der Waals surface area (Å²) in [5.74, 6) is 2.99. The SMILES string of the molecule is C#CCNC(=O)c1ccc(C2CCCCC2)cc1. The van der Waals surface area contributed by atoms with Crippen LogP contribution in [0.2, 0.25) is 0 Å². The van der Waals surface area contributed by atoms with E-state index in [0.717, 1.165) is 0 Å². The van der Waals surface area contributed by atoms with Gasteiger partial charge in [0.1, 0.15) is 0 Å². The number of nitrogens with one attached hydrogen (secondary N) is 1. The largest absolute Gasteiger partial charge is 0.341 e. The van der Waals surface area contributed by atoms with Crippen molar-refractivity contribution < 1.29 is 4.79 Å². The van der Waals surface area contributed by atoms with E-state index in [-0.39, 0.29) is 12.5 Å². The van der Waals surface area contributed by atoms with Crippen LogP contribution in [0, 0.1) is 12.3 Å². The molecule has 2 heteroatoms. The molecule has 1 aliphatic rings. The molecule has 0 bridgehead atoms. The molecule has 0 aliphatic heterocycles. The fourth-order valence-electron chi connectivity index (χ4n) is 2.58. The van der Waals surface area contributed by atoms with Crippen molar-refractivity contribution in [1.29, 1.82) is 0 Å². The minimum atomic E-state index is -0.0943. The molecule has 0 saturated heterocycles. The summed E-state index contributed by atoms with van der Waals surface area (Å²) >= 11 is 0. The van der Waals surface area contributed by atoms with Crippen LogP contribution in [0.25, 0.3) is 0 Å². The van der Waals surface area contributed by atoms with Crippen LogP contribution in [0.1, 0.15) is 53.9 Å². The lowest BCUT2D eigenvalue weighted by Crippen LogP contribution is -2.23. The third-order valence-corrected chi connectivity index (χ3v) is 3.60. The third-order valence-electron chi connectivity index (χ3n) is 3.60. The number of benzene rings is 1. The molecule has 1 fully saturated rings. The van der Waals surface area contributed by atoms with Gasteiger partial charge >= 0.3 is 0 Å². The van der Waals surface area contributed by atoms with E-state index in [1.54, 1.807) is 0 Å². The first-order valence-corrected chi connectivity index (χ1v) is 6.63. The quantitative estimate of drug-likeness (QED) is 0.809. The Kier molecular flexibility index (Phi) is 4.41. The molecule has 0 spiro atoms. The molecule has 0 unspecified atom stereocenters. The predicted octanol–water partition coefficient (Wildman–Crippen LogP) is 3.10. The van der Waals surface area contributed by atoms with Crippen molar-refractivity contribution in [3.05, 3.63) is 35.4 Å². The Labute approximate surface area is 109 Å². The van der Waals surface area contributed by atoms with Crippen molar-refractivity contribution in [1.82, 2.24) is 5.32 Å². The van der Waals surface area contributed by atoms with Crippen molar-refractivity contribution in [2.75, 3.05) is 6.54 Å². The van der Waals surface area contributed by atoms with Gasteiger partial charge < -0.3 is 5.32 Å². The van der Waals surface area contributed by atoms with Gasteiger partial charge in [0.15, 0.2) is 0 Å². The van der Waals surface area contributed by atoms with E-state index >= 15 is 0 Å². The molecule has 1 aliphatic carbocycles. The lowest BCUT2D eigenvalue weighted by atomic mass is 9.84. The zero-order valence-electron chi connectivity index (χ0n) is 10.6. The van der Waals surface area contributed by atoms with E-state index in [0.29, 0.717) is 11.5 Å². The van der Waals surface area contributed by atoms with Gasteiger partial charge in [0.25, 0.3) is 5.91 Å². The van der Waals surface area contributed by atoms with Crippen molar-refractivity contribution in [2.45, 2.75) is 38.0 Å². The van der Waals surface area contributed by atoms with Gasteiger partial charge in [-0.25, -0.2) is 0 Å². The summed E-state index contributed by atoms with van der Waals surface area (Å²) in [6.07, 6.45) is 11.7. The van der Waals surface area contributed by atoms with Gasteiger partial charge in [-0.1, -0.05) is 37.3 Å². The lowest BCUT2D eigenvalue weighted by Gasteiger charge is -2.22. The second-order valence-electron chi connectivity index (χ2n) is 4.84. The summed E-state index contributed by atoms with van der Waals surface area (Å²) in [6.45, 7) is 0.281. The number of terminal acetylenes is 1. The maximum atomic E-state index is 11.7. The summed E-state index contributed by atoms with van der Waals surface area (Å²) < 4.78 is 0. The number of amides is 1. The summed E-state index contributed by atoms with van der Waals surface area (Å²) in [5, 5.41) is 2.67. The highest BCUT2D eigenvalue weighted by molar-refractivity contribution is 5.94. The van der Waals surface area contributed by atoms with E-state index < -0.39 is 0 Å². The summed E-state index contributed by atoms with van der Waals surface area (Å²) in [6, 6.07) is 7.97. The van der Waals surface area contributed by atoms with Gasteiger partial charge in [0.05, 0.1) is 6.54 Å². The number of hydrogen-bond donors (Lipinski definition) is 1. The second-order valence-corrected chi connectivity index (χ2v) is 4.84. The number of carbonyl (C=O) groups excluding carboxylic acids is 1. The van der Waals surface area contributed by atoms with Crippen molar-refractivity contribution >= 4 is 5.91 Å². The highest BCUT2D eigenvalue weighted by Gasteiger charge is 2.15. The van der Waals surface area contributed by atoms with Crippen LogP contribution < -0.4 is 5.32 Å². The molecule has 1 aromatic rings. The summed E-state index contributed by atoms with van der Waals surface area (Å²) in [5.41, 5.74) is 2.05. The molecule has 2 nitrogen and oxygen atoms in total. The minimum absolute atomic E-state index is 0.0943. The highest BCUT2D eigenvalue weighted by atomic mass is 16.1. The Hall–Kier alpha value is -1.75. The molecule has 18 heavy (non-hydrogen) atoms. The first-order valence-electron chi connectivity index (χ1n) is 6.63. The van der Waals surface area contributed by atoms with Crippen LogP contribution in [0.3, 0.4) is 0 Å². The molecule has 2 rings (SSSR count). The van der Waals surface area contributed by atoms with E-state index in [2.05, 4.69) is 23.4 Å². The smallest absolute Gasteiger partial charge is 0.252 e. The number of rotatable bonds is 3. The van der Waals surface area contributed by atoms with E-state index in [9.17, 15) is 4.79 Å². The average Bonchev–Trinajstić information content (AvgIpc) is 2.46. The van der Waals surface area contributed by atoms with Gasteiger partial charge in [-0.15, -0.1) is 6.42 Å². The molecular formula is C16H19NO. The first kappa shape index (κ1) is 12.7. The first-order chi connectivity index (χ1) is 8.81. The molecule has 0 radical (unpaired) electrons. The van der Waals surface area contributed by atoms with Crippen LogP contribution in [-0.2, 0) is 0 Å². The summed E-state index contributed by atoms with van der Waals surface area (Å²) in [4.78, 5) is 11.7. The lowest BCUT2D eigenvalue weighted by molar-refractivity contribution is 0.0958. The summed E-state index contributed by atoms with van der Waals surface area (Å²) in [7, 11) is 0. The molecule has 1 amide bonds. The Balaban J connectivity index is 2.00. The molecule has 0 heterocycles. The van der Waals surface area contributed by atoms with E-state index in [1.807, 2.05) is 12.1 Å². The standard InChI is InChI=1S/C16H19NO/c1-2-12-17-16(18)15-10-8-14(9-11-15)13-6-4-3-5-7-13/h1,8-11,13H,3-7,12H2,(H,17,18). The maximum absolute atomic E-state index is 11.7. The van der Waals surface area contributed by atoms with Crippen LogP contribution in [0.15, 0.2) is 24.3 Å². The molecule has 94 valence electrons. The van der Waals surface area contributed by atoms with Gasteiger partial charge in [-0.3, -0.25) is 4.79 Å². The van der Waals surface area contributed by atoms with Crippen LogP contribution in [0.5, 0.6) is 0 Å². The average molecular weight is 241 g/mol. The van der Waals surface area contributed by atoms with Gasteiger partial charge in [0.2, 0.25) is 0 Å². The fraction of sp³-hybridized carbons (Fsp3) is 0.438. The molecule has 1 saturated carbocycles. The fourth-order valence-corrected chi connectivity index (χ4v) is 2.58. The van der Waals surface area contributed by atoms with E-state index in [4.69, 9.17) is 6.42 Å². The Morgan fingerprint density at radius 1 is 1.22 bits per heavy atom. The van der Waals surface area contributed by atoms with Crippen molar-refractivity contribution in [2.24, 2.45) is 0 Å². The number of carbonyl (C=O) groups is 1. The Bertz CT molecular complexity index is 435. The Morgan fingerprint density at radius 3 is 2.50 bits per heavy atom. The van der Waals surface area contributed by atoms with Crippen molar-refractivity contribution in [3.8, 4) is 12.3 Å². The molecule has 1 N–H and O–H groups in total. The Morgan fingerprint density at radius 2 is 1.89 bits per heavy atom. The van der Waals surface area contributed by atoms with Crippen LogP contribution in [0.4, 0.5) is 0 Å². The van der Waals surface area contributed by atoms with Gasteiger partial charge in [0, 0.05) is 5.56 Å². The minimum Gasteiger partial charge on any atom is -0.341 e. The molecule has 0 atom stereocenters. The zero-order valence-corrected chi connectivity index (χ0v) is 10.6. The highest BCUT2D eigenvalue weighted by Crippen LogP contribution is 2.32.